The van der Waals surface area contributed by atoms with Gasteiger partial charge in [0.25, 0.3) is 0 Å². The molecule has 1 N–H and O–H groups in total. The van der Waals surface area contributed by atoms with E-state index in [2.05, 4.69) is 19.2 Å². The molecule has 1 aromatic rings. The highest BCUT2D eigenvalue weighted by atomic mass is 19.1. The van der Waals surface area contributed by atoms with E-state index in [4.69, 9.17) is 4.74 Å². The number of ether oxygens (including phenoxy) is 1. The number of hydrogen-bond donors (Lipinski definition) is 1. The fraction of sp³-hybridized carbons (Fsp3) is 0.611. The number of halogens is 1. The molecule has 1 aromatic carbocycles. The number of nitrogens with one attached hydrogen (secondary N) is 1. The lowest BCUT2D eigenvalue weighted by Gasteiger charge is -2.29. The van der Waals surface area contributed by atoms with Gasteiger partial charge < -0.3 is 15.0 Å². The van der Waals surface area contributed by atoms with E-state index < -0.39 is 0 Å². The molecule has 0 spiro atoms. The zero-order valence-electron chi connectivity index (χ0n) is 14.2. The van der Waals surface area contributed by atoms with E-state index in [-0.39, 0.29) is 30.2 Å². The molecule has 0 radical (unpaired) electrons. The Morgan fingerprint density at radius 3 is 2.87 bits per heavy atom. The third kappa shape index (κ3) is 5.01. The fourth-order valence-electron chi connectivity index (χ4n) is 3.27. The summed E-state index contributed by atoms with van der Waals surface area (Å²) in [5.41, 5.74) is 1.00. The second-order valence-electron chi connectivity index (χ2n) is 6.71. The van der Waals surface area contributed by atoms with E-state index in [0.29, 0.717) is 19.0 Å². The molecule has 1 aliphatic rings. The Balaban J connectivity index is 2.09. The number of nitrogens with zero attached hydrogens (tertiary/aromatic N) is 1. The van der Waals surface area contributed by atoms with Crippen LogP contribution in [0.2, 0.25) is 0 Å². The first kappa shape index (κ1) is 17.9. The standard InChI is InChI=1S/C18H27FN2O2/c1-13(2)10-21(18(22)12-23-3)11-15-8-20-9-17(15)14-5-4-6-16(19)7-14/h4-7,13,15,17,20H,8-12H2,1-3H3. The maximum absolute atomic E-state index is 13.5. The largest absolute Gasteiger partial charge is 0.375 e. The maximum atomic E-state index is 13.5. The molecular weight excluding hydrogens is 295 g/mol. The second kappa shape index (κ2) is 8.41. The maximum Gasteiger partial charge on any atom is 0.248 e. The van der Waals surface area contributed by atoms with E-state index in [1.54, 1.807) is 12.1 Å². The van der Waals surface area contributed by atoms with Gasteiger partial charge in [-0.1, -0.05) is 26.0 Å². The molecule has 1 amide bonds. The van der Waals surface area contributed by atoms with Crippen LogP contribution in [0.3, 0.4) is 0 Å². The fourth-order valence-corrected chi connectivity index (χ4v) is 3.27. The highest BCUT2D eigenvalue weighted by Gasteiger charge is 2.31. The quantitative estimate of drug-likeness (QED) is 0.837. The number of rotatable bonds is 7. The van der Waals surface area contributed by atoms with Crippen molar-refractivity contribution in [2.24, 2.45) is 11.8 Å². The lowest BCUT2D eigenvalue weighted by atomic mass is 9.88. The Kier molecular flexibility index (Phi) is 6.54. The zero-order chi connectivity index (χ0) is 16.8. The van der Waals surface area contributed by atoms with Crippen molar-refractivity contribution in [1.82, 2.24) is 10.2 Å². The summed E-state index contributed by atoms with van der Waals surface area (Å²) in [6.07, 6.45) is 0. The number of benzene rings is 1. The average molecular weight is 322 g/mol. The monoisotopic (exact) mass is 322 g/mol. The summed E-state index contributed by atoms with van der Waals surface area (Å²) >= 11 is 0. The van der Waals surface area contributed by atoms with Crippen LogP contribution in [0.25, 0.3) is 0 Å². The van der Waals surface area contributed by atoms with Gasteiger partial charge in [-0.3, -0.25) is 4.79 Å². The van der Waals surface area contributed by atoms with Crippen LogP contribution in [-0.4, -0.2) is 50.7 Å². The zero-order valence-corrected chi connectivity index (χ0v) is 14.2. The second-order valence-corrected chi connectivity index (χ2v) is 6.71. The van der Waals surface area contributed by atoms with Crippen LogP contribution in [0.1, 0.15) is 25.3 Å². The van der Waals surface area contributed by atoms with Crippen LogP contribution in [0, 0.1) is 17.7 Å². The van der Waals surface area contributed by atoms with E-state index in [9.17, 15) is 9.18 Å². The first-order valence-corrected chi connectivity index (χ1v) is 8.24. The Hall–Kier alpha value is -1.46. The summed E-state index contributed by atoms with van der Waals surface area (Å²) in [5.74, 6) is 0.735. The van der Waals surface area contributed by atoms with Crippen LogP contribution >= 0.6 is 0 Å². The highest BCUT2D eigenvalue weighted by Crippen LogP contribution is 2.29. The molecule has 5 heteroatoms. The van der Waals surface area contributed by atoms with Gasteiger partial charge in [0.15, 0.2) is 0 Å². The minimum atomic E-state index is -0.206. The Labute approximate surface area is 138 Å². The first-order valence-electron chi connectivity index (χ1n) is 8.24. The van der Waals surface area contributed by atoms with Crippen molar-refractivity contribution in [2.45, 2.75) is 19.8 Å². The molecule has 1 saturated heterocycles. The topological polar surface area (TPSA) is 41.6 Å². The molecule has 0 saturated carbocycles. The summed E-state index contributed by atoms with van der Waals surface area (Å²) in [5, 5.41) is 3.38. The Morgan fingerprint density at radius 2 is 2.22 bits per heavy atom. The van der Waals surface area contributed by atoms with Crippen LogP contribution in [0.5, 0.6) is 0 Å². The van der Waals surface area contributed by atoms with E-state index in [0.717, 1.165) is 18.7 Å². The molecule has 2 atom stereocenters. The van der Waals surface area contributed by atoms with E-state index in [1.165, 1.54) is 13.2 Å². The van der Waals surface area contributed by atoms with Crippen LogP contribution in [0.15, 0.2) is 24.3 Å². The molecule has 1 aliphatic heterocycles. The normalized spacial score (nSPS) is 20.9. The predicted octanol–water partition coefficient (Wildman–Crippen LogP) is 2.26. The molecule has 0 aliphatic carbocycles. The minimum Gasteiger partial charge on any atom is -0.375 e. The summed E-state index contributed by atoms with van der Waals surface area (Å²) in [7, 11) is 1.54. The lowest BCUT2D eigenvalue weighted by molar-refractivity contribution is -0.136. The molecule has 128 valence electrons. The molecule has 2 unspecified atom stereocenters. The van der Waals surface area contributed by atoms with Gasteiger partial charge in [-0.25, -0.2) is 4.39 Å². The first-order chi connectivity index (χ1) is 11.0. The predicted molar refractivity (Wildman–Crippen MR) is 88.8 cm³/mol. The van der Waals surface area contributed by atoms with Crippen LogP contribution < -0.4 is 5.32 Å². The summed E-state index contributed by atoms with van der Waals surface area (Å²) in [6.45, 7) is 7.37. The summed E-state index contributed by atoms with van der Waals surface area (Å²) in [6, 6.07) is 6.79. The van der Waals surface area contributed by atoms with Crippen molar-refractivity contribution in [2.75, 3.05) is 39.9 Å². The van der Waals surface area contributed by atoms with Crippen LogP contribution in [0.4, 0.5) is 4.39 Å². The minimum absolute atomic E-state index is 0.0195. The average Bonchev–Trinajstić information content (AvgIpc) is 2.94. The van der Waals surface area contributed by atoms with Gasteiger partial charge in [0, 0.05) is 39.2 Å². The van der Waals surface area contributed by atoms with E-state index in [1.807, 2.05) is 11.0 Å². The van der Waals surface area contributed by atoms with Gasteiger partial charge in [-0.05, 0) is 29.5 Å². The number of methoxy groups -OCH3 is 1. The number of amides is 1. The van der Waals surface area contributed by atoms with E-state index >= 15 is 0 Å². The number of carbonyl (C=O) groups is 1. The van der Waals surface area contributed by atoms with Crippen molar-refractivity contribution in [3.63, 3.8) is 0 Å². The van der Waals surface area contributed by atoms with Crippen molar-refractivity contribution < 1.29 is 13.9 Å². The molecule has 23 heavy (non-hydrogen) atoms. The van der Waals surface area contributed by atoms with Gasteiger partial charge in [0.05, 0.1) is 0 Å². The third-order valence-corrected chi connectivity index (χ3v) is 4.28. The number of hydrogen-bond acceptors (Lipinski definition) is 3. The smallest absolute Gasteiger partial charge is 0.248 e. The van der Waals surface area contributed by atoms with Gasteiger partial charge in [0.2, 0.25) is 5.91 Å². The highest BCUT2D eigenvalue weighted by molar-refractivity contribution is 5.77. The van der Waals surface area contributed by atoms with Gasteiger partial charge in [0.1, 0.15) is 12.4 Å². The summed E-state index contributed by atoms with van der Waals surface area (Å²) in [4.78, 5) is 14.2. The number of carbonyl (C=O) groups excluding carboxylic acids is 1. The van der Waals surface area contributed by atoms with Gasteiger partial charge in [-0.15, -0.1) is 0 Å². The van der Waals surface area contributed by atoms with Crippen molar-refractivity contribution in [3.05, 3.63) is 35.6 Å². The SMILES string of the molecule is COCC(=O)N(CC(C)C)CC1CNCC1c1cccc(F)c1. The lowest BCUT2D eigenvalue weighted by Crippen LogP contribution is -2.41. The molecule has 0 aromatic heterocycles. The van der Waals surface area contributed by atoms with Gasteiger partial charge >= 0.3 is 0 Å². The Bertz CT molecular complexity index is 521. The van der Waals surface area contributed by atoms with Crippen molar-refractivity contribution in [1.29, 1.82) is 0 Å². The van der Waals surface area contributed by atoms with Crippen LogP contribution in [-0.2, 0) is 9.53 Å². The molecule has 2 rings (SSSR count). The van der Waals surface area contributed by atoms with Crippen molar-refractivity contribution >= 4 is 5.91 Å². The molecule has 1 fully saturated rings. The Morgan fingerprint density at radius 1 is 1.43 bits per heavy atom. The third-order valence-electron chi connectivity index (χ3n) is 4.28. The van der Waals surface area contributed by atoms with Gasteiger partial charge in [-0.2, -0.15) is 0 Å². The molecule has 0 bridgehead atoms. The summed E-state index contributed by atoms with van der Waals surface area (Å²) < 4.78 is 18.5. The molecule has 1 heterocycles. The molecular formula is C18H27FN2O2. The molecule has 4 nitrogen and oxygen atoms in total. The van der Waals surface area contributed by atoms with Crippen molar-refractivity contribution in [3.8, 4) is 0 Å².